The molecule has 1 aliphatic carbocycles. The van der Waals surface area contributed by atoms with Crippen molar-refractivity contribution in [3.8, 4) is 5.75 Å². The van der Waals surface area contributed by atoms with Gasteiger partial charge in [-0.2, -0.15) is 0 Å². The van der Waals surface area contributed by atoms with E-state index in [0.717, 1.165) is 50.0 Å². The molecule has 32 heavy (non-hydrogen) atoms. The molecule has 1 saturated carbocycles. The third-order valence-corrected chi connectivity index (χ3v) is 5.98. The van der Waals surface area contributed by atoms with Crippen LogP contribution in [-0.2, 0) is 4.74 Å². The SMILES string of the molecule is O=Cc1cnc2cc(N3CCOCC3)cc(OC3CCC(Nc4ncccn4)CC3)c2n1. The van der Waals surface area contributed by atoms with Crippen molar-refractivity contribution >= 4 is 29.0 Å². The number of nitrogens with one attached hydrogen (secondary N) is 1. The molecule has 0 spiro atoms. The van der Waals surface area contributed by atoms with Crippen LogP contribution in [0.3, 0.4) is 0 Å². The van der Waals surface area contributed by atoms with Crippen LogP contribution in [0.2, 0.25) is 0 Å². The van der Waals surface area contributed by atoms with E-state index in [4.69, 9.17) is 9.47 Å². The number of anilines is 2. The van der Waals surface area contributed by atoms with E-state index in [0.29, 0.717) is 48.5 Å². The molecule has 0 bridgehead atoms. The fourth-order valence-corrected chi connectivity index (χ4v) is 4.29. The number of hydrogen-bond donors (Lipinski definition) is 1. The number of carbonyl (C=O) groups is 1. The first-order chi connectivity index (χ1) is 15.8. The van der Waals surface area contributed by atoms with Crippen LogP contribution in [0.5, 0.6) is 5.75 Å². The van der Waals surface area contributed by atoms with E-state index in [1.54, 1.807) is 12.4 Å². The van der Waals surface area contributed by atoms with Gasteiger partial charge in [-0.05, 0) is 37.8 Å². The largest absolute Gasteiger partial charge is 0.488 e. The molecular weight excluding hydrogens is 408 g/mol. The van der Waals surface area contributed by atoms with Crippen LogP contribution in [0.25, 0.3) is 11.0 Å². The van der Waals surface area contributed by atoms with Crippen molar-refractivity contribution < 1.29 is 14.3 Å². The molecule has 5 rings (SSSR count). The molecule has 3 heterocycles. The Balaban J connectivity index is 1.33. The van der Waals surface area contributed by atoms with Crippen molar-refractivity contribution in [1.82, 2.24) is 19.9 Å². The Kier molecular flexibility index (Phi) is 6.06. The second kappa shape index (κ2) is 9.44. The first-order valence-corrected chi connectivity index (χ1v) is 11.1. The minimum atomic E-state index is 0.0783. The summed E-state index contributed by atoms with van der Waals surface area (Å²) in [7, 11) is 0. The minimum absolute atomic E-state index is 0.0783. The van der Waals surface area contributed by atoms with Crippen molar-refractivity contribution in [2.24, 2.45) is 0 Å². The van der Waals surface area contributed by atoms with E-state index < -0.39 is 0 Å². The lowest BCUT2D eigenvalue weighted by molar-refractivity contribution is 0.111. The molecule has 1 aliphatic heterocycles. The maximum Gasteiger partial charge on any atom is 0.222 e. The van der Waals surface area contributed by atoms with E-state index in [2.05, 4.69) is 30.2 Å². The molecule has 9 nitrogen and oxygen atoms in total. The van der Waals surface area contributed by atoms with Crippen molar-refractivity contribution in [1.29, 1.82) is 0 Å². The van der Waals surface area contributed by atoms with Gasteiger partial charge in [0.25, 0.3) is 0 Å². The van der Waals surface area contributed by atoms with Gasteiger partial charge in [-0.3, -0.25) is 9.78 Å². The Morgan fingerprint density at radius 2 is 1.84 bits per heavy atom. The molecular formula is C23H26N6O3. The van der Waals surface area contributed by atoms with E-state index in [9.17, 15) is 4.79 Å². The van der Waals surface area contributed by atoms with Crippen molar-refractivity contribution in [3.05, 3.63) is 42.5 Å². The number of rotatable bonds is 6. The Labute approximate surface area is 186 Å². The number of benzene rings is 1. The first-order valence-electron chi connectivity index (χ1n) is 11.1. The van der Waals surface area contributed by atoms with Gasteiger partial charge in [-0.25, -0.2) is 15.0 Å². The zero-order valence-corrected chi connectivity index (χ0v) is 17.8. The summed E-state index contributed by atoms with van der Waals surface area (Å²) in [6.45, 7) is 3.05. The van der Waals surface area contributed by atoms with Gasteiger partial charge in [0.15, 0.2) is 6.29 Å². The lowest BCUT2D eigenvalue weighted by Gasteiger charge is -2.31. The highest BCUT2D eigenvalue weighted by Gasteiger charge is 2.24. The van der Waals surface area contributed by atoms with Crippen LogP contribution in [0.1, 0.15) is 36.2 Å². The van der Waals surface area contributed by atoms with Crippen LogP contribution < -0.4 is 15.0 Å². The van der Waals surface area contributed by atoms with E-state index in [1.807, 2.05) is 18.2 Å². The lowest BCUT2D eigenvalue weighted by Crippen LogP contribution is -2.36. The molecule has 0 atom stereocenters. The fraction of sp³-hybridized carbons (Fsp3) is 0.435. The molecule has 3 aromatic rings. The second-order valence-electron chi connectivity index (χ2n) is 8.13. The Morgan fingerprint density at radius 3 is 2.59 bits per heavy atom. The van der Waals surface area contributed by atoms with Crippen molar-refractivity contribution in [3.63, 3.8) is 0 Å². The highest BCUT2D eigenvalue weighted by Crippen LogP contribution is 2.33. The summed E-state index contributed by atoms with van der Waals surface area (Å²) in [5.41, 5.74) is 2.70. The van der Waals surface area contributed by atoms with Gasteiger partial charge in [-0.15, -0.1) is 0 Å². The van der Waals surface area contributed by atoms with Crippen molar-refractivity contribution in [2.45, 2.75) is 37.8 Å². The number of morpholine rings is 1. The van der Waals surface area contributed by atoms with Crippen LogP contribution >= 0.6 is 0 Å². The molecule has 1 saturated heterocycles. The molecule has 1 N–H and O–H groups in total. The van der Waals surface area contributed by atoms with Gasteiger partial charge in [0.05, 0.1) is 31.0 Å². The summed E-state index contributed by atoms with van der Waals surface area (Å²) in [5, 5.41) is 3.40. The van der Waals surface area contributed by atoms with Gasteiger partial charge in [0.2, 0.25) is 5.95 Å². The van der Waals surface area contributed by atoms with Gasteiger partial charge >= 0.3 is 0 Å². The zero-order chi connectivity index (χ0) is 21.8. The summed E-state index contributed by atoms with van der Waals surface area (Å²) in [5.74, 6) is 1.35. The predicted molar refractivity (Wildman–Crippen MR) is 120 cm³/mol. The monoisotopic (exact) mass is 434 g/mol. The minimum Gasteiger partial charge on any atom is -0.488 e. The highest BCUT2D eigenvalue weighted by atomic mass is 16.5. The Hall–Kier alpha value is -3.33. The maximum atomic E-state index is 11.3. The average Bonchev–Trinajstić information content (AvgIpc) is 2.86. The van der Waals surface area contributed by atoms with Gasteiger partial charge in [0.1, 0.15) is 17.0 Å². The number of aromatic nitrogens is 4. The maximum absolute atomic E-state index is 11.3. The third-order valence-electron chi connectivity index (χ3n) is 5.98. The summed E-state index contributed by atoms with van der Waals surface area (Å²) >= 11 is 0. The summed E-state index contributed by atoms with van der Waals surface area (Å²) < 4.78 is 12.0. The van der Waals surface area contributed by atoms with Gasteiger partial charge in [-0.1, -0.05) is 0 Å². The van der Waals surface area contributed by atoms with Crippen LogP contribution in [0, 0.1) is 0 Å². The molecule has 2 aromatic heterocycles. The highest BCUT2D eigenvalue weighted by molar-refractivity contribution is 5.87. The number of ether oxygens (including phenoxy) is 2. The number of aldehydes is 1. The fourth-order valence-electron chi connectivity index (χ4n) is 4.29. The van der Waals surface area contributed by atoms with Crippen molar-refractivity contribution in [2.75, 3.05) is 36.5 Å². The van der Waals surface area contributed by atoms with E-state index >= 15 is 0 Å². The summed E-state index contributed by atoms with van der Waals surface area (Å²) in [4.78, 5) is 31.0. The summed E-state index contributed by atoms with van der Waals surface area (Å²) in [6, 6.07) is 6.18. The number of carbonyl (C=O) groups excluding carboxylic acids is 1. The third kappa shape index (κ3) is 4.62. The standard InChI is InChI=1S/C23H26N6O3/c30-15-17-14-26-20-12-18(29-8-10-31-11-9-29)13-21(22(20)27-17)32-19-4-2-16(3-5-19)28-23-24-6-1-7-25-23/h1,6-7,12-16,19H,2-5,8-11H2,(H,24,25,28). The molecule has 9 heteroatoms. The van der Waals surface area contributed by atoms with Crippen LogP contribution in [0.15, 0.2) is 36.8 Å². The molecule has 2 fully saturated rings. The smallest absolute Gasteiger partial charge is 0.222 e. The first kappa shape index (κ1) is 20.6. The number of fused-ring (bicyclic) bond motifs is 1. The average molecular weight is 435 g/mol. The van der Waals surface area contributed by atoms with Crippen LogP contribution in [0.4, 0.5) is 11.6 Å². The molecule has 0 amide bonds. The van der Waals surface area contributed by atoms with Crippen LogP contribution in [-0.4, -0.2) is 64.7 Å². The molecule has 166 valence electrons. The van der Waals surface area contributed by atoms with E-state index in [-0.39, 0.29) is 6.10 Å². The van der Waals surface area contributed by atoms with Gasteiger partial charge < -0.3 is 19.7 Å². The number of hydrogen-bond acceptors (Lipinski definition) is 9. The Morgan fingerprint density at radius 1 is 1.06 bits per heavy atom. The molecule has 2 aliphatic rings. The molecule has 1 aromatic carbocycles. The quantitative estimate of drug-likeness (QED) is 0.587. The second-order valence-corrected chi connectivity index (χ2v) is 8.13. The number of nitrogens with zero attached hydrogens (tertiary/aromatic N) is 5. The molecule has 0 unspecified atom stereocenters. The normalized spacial score (nSPS) is 21.3. The lowest BCUT2D eigenvalue weighted by atomic mass is 9.93. The Bertz CT molecular complexity index is 1070. The van der Waals surface area contributed by atoms with Gasteiger partial charge in [0, 0.05) is 43.3 Å². The summed E-state index contributed by atoms with van der Waals surface area (Å²) in [6.07, 6.45) is 9.54. The zero-order valence-electron chi connectivity index (χ0n) is 17.8. The predicted octanol–water partition coefficient (Wildman–Crippen LogP) is 2.87. The topological polar surface area (TPSA) is 102 Å². The van der Waals surface area contributed by atoms with E-state index in [1.165, 1.54) is 6.20 Å². The molecule has 0 radical (unpaired) electrons.